The van der Waals surface area contributed by atoms with Crippen molar-refractivity contribution in [2.45, 2.75) is 13.5 Å². The summed E-state index contributed by atoms with van der Waals surface area (Å²) in [5.41, 5.74) is 6.60. The van der Waals surface area contributed by atoms with E-state index in [0.717, 1.165) is 11.3 Å². The molecule has 2 aromatic rings. The molecular weight excluding hydrogens is 268 g/mol. The molecule has 0 fully saturated rings. The summed E-state index contributed by atoms with van der Waals surface area (Å²) in [4.78, 5) is 13.7. The maximum atomic E-state index is 12.1. The molecule has 0 saturated carbocycles. The maximum Gasteiger partial charge on any atom is 0.289 e. The van der Waals surface area contributed by atoms with Gasteiger partial charge in [-0.15, -0.1) is 0 Å². The Morgan fingerprint density at radius 3 is 2.81 bits per heavy atom. The van der Waals surface area contributed by atoms with Crippen molar-refractivity contribution < 1.29 is 13.9 Å². The van der Waals surface area contributed by atoms with Crippen LogP contribution in [0.5, 0.6) is 5.75 Å². The minimum Gasteiger partial charge on any atom is -0.492 e. The van der Waals surface area contributed by atoms with Gasteiger partial charge >= 0.3 is 0 Å². The predicted molar refractivity (Wildman–Crippen MR) is 80.2 cm³/mol. The third-order valence-electron chi connectivity index (χ3n) is 3.11. The third kappa shape index (κ3) is 4.10. The summed E-state index contributed by atoms with van der Waals surface area (Å²) in [6, 6.07) is 11.2. The van der Waals surface area contributed by atoms with Crippen molar-refractivity contribution in [3.63, 3.8) is 0 Å². The van der Waals surface area contributed by atoms with Gasteiger partial charge in [0.15, 0.2) is 5.76 Å². The molecule has 2 N–H and O–H groups in total. The molecule has 21 heavy (non-hydrogen) atoms. The minimum absolute atomic E-state index is 0.178. The molecule has 0 spiro atoms. The van der Waals surface area contributed by atoms with Crippen LogP contribution < -0.4 is 10.5 Å². The van der Waals surface area contributed by atoms with Crippen LogP contribution in [0.1, 0.15) is 21.9 Å². The lowest BCUT2D eigenvalue weighted by Gasteiger charge is -2.16. The average Bonchev–Trinajstić information content (AvgIpc) is 2.95. The summed E-state index contributed by atoms with van der Waals surface area (Å²) in [6.07, 6.45) is 0. The second kappa shape index (κ2) is 6.95. The van der Waals surface area contributed by atoms with Crippen LogP contribution in [0.4, 0.5) is 0 Å². The van der Waals surface area contributed by atoms with Crippen molar-refractivity contribution in [2.24, 2.45) is 5.73 Å². The quantitative estimate of drug-likeness (QED) is 0.884. The number of nitrogens with zero attached hydrogens (tertiary/aromatic N) is 1. The standard InChI is InChI=1S/C16H20N2O3/c1-12-4-3-5-13(10-12)20-9-8-18(2)16(19)15-7-6-14(11-17)21-15/h3-7,10H,8-9,11,17H2,1-2H3. The Bertz CT molecular complexity index is 607. The predicted octanol–water partition coefficient (Wildman–Crippen LogP) is 2.20. The summed E-state index contributed by atoms with van der Waals surface area (Å²) in [7, 11) is 1.71. The molecule has 0 aliphatic heterocycles. The molecule has 0 aliphatic carbocycles. The number of likely N-dealkylation sites (N-methyl/N-ethyl adjacent to an activating group) is 1. The number of rotatable bonds is 6. The molecule has 5 heteroatoms. The van der Waals surface area contributed by atoms with E-state index in [0.29, 0.717) is 24.7 Å². The van der Waals surface area contributed by atoms with E-state index in [1.807, 2.05) is 31.2 Å². The molecule has 1 aromatic carbocycles. The van der Waals surface area contributed by atoms with E-state index in [-0.39, 0.29) is 12.5 Å². The van der Waals surface area contributed by atoms with Crippen LogP contribution in [-0.4, -0.2) is 31.0 Å². The van der Waals surface area contributed by atoms with Crippen molar-refractivity contribution in [2.75, 3.05) is 20.2 Å². The monoisotopic (exact) mass is 288 g/mol. The fraction of sp³-hybridized carbons (Fsp3) is 0.312. The highest BCUT2D eigenvalue weighted by Crippen LogP contribution is 2.13. The Balaban J connectivity index is 1.84. The van der Waals surface area contributed by atoms with Gasteiger partial charge in [0, 0.05) is 7.05 Å². The number of ether oxygens (including phenoxy) is 1. The lowest BCUT2D eigenvalue weighted by molar-refractivity contribution is 0.0740. The van der Waals surface area contributed by atoms with E-state index < -0.39 is 0 Å². The SMILES string of the molecule is Cc1cccc(OCCN(C)C(=O)c2ccc(CN)o2)c1. The van der Waals surface area contributed by atoms with Gasteiger partial charge in [-0.2, -0.15) is 0 Å². The first kappa shape index (κ1) is 15.1. The zero-order valence-electron chi connectivity index (χ0n) is 12.3. The molecule has 0 saturated heterocycles. The molecule has 1 amide bonds. The fourth-order valence-corrected chi connectivity index (χ4v) is 1.90. The Hall–Kier alpha value is -2.27. The Morgan fingerprint density at radius 2 is 2.14 bits per heavy atom. The normalized spacial score (nSPS) is 10.4. The smallest absolute Gasteiger partial charge is 0.289 e. The minimum atomic E-state index is -0.178. The largest absolute Gasteiger partial charge is 0.492 e. The molecule has 0 radical (unpaired) electrons. The molecule has 2 rings (SSSR count). The molecule has 1 aromatic heterocycles. The number of carbonyl (C=O) groups excluding carboxylic acids is 1. The fourth-order valence-electron chi connectivity index (χ4n) is 1.90. The lowest BCUT2D eigenvalue weighted by atomic mass is 10.2. The average molecular weight is 288 g/mol. The second-order valence-electron chi connectivity index (χ2n) is 4.86. The van der Waals surface area contributed by atoms with Gasteiger partial charge in [-0.1, -0.05) is 12.1 Å². The van der Waals surface area contributed by atoms with E-state index in [2.05, 4.69) is 0 Å². The molecular formula is C16H20N2O3. The van der Waals surface area contributed by atoms with Gasteiger partial charge in [0.25, 0.3) is 5.91 Å². The first-order chi connectivity index (χ1) is 10.1. The van der Waals surface area contributed by atoms with Crippen molar-refractivity contribution >= 4 is 5.91 Å². The molecule has 5 nitrogen and oxygen atoms in total. The number of benzene rings is 1. The van der Waals surface area contributed by atoms with Crippen LogP contribution in [0.15, 0.2) is 40.8 Å². The number of furan rings is 1. The van der Waals surface area contributed by atoms with Crippen LogP contribution in [0.2, 0.25) is 0 Å². The van der Waals surface area contributed by atoms with Crippen molar-refractivity contribution in [3.8, 4) is 5.75 Å². The summed E-state index contributed by atoms with van der Waals surface area (Å²) in [5.74, 6) is 1.53. The third-order valence-corrected chi connectivity index (χ3v) is 3.11. The molecule has 0 atom stereocenters. The van der Waals surface area contributed by atoms with E-state index >= 15 is 0 Å². The summed E-state index contributed by atoms with van der Waals surface area (Å²) in [5, 5.41) is 0. The number of hydrogen-bond donors (Lipinski definition) is 1. The van der Waals surface area contributed by atoms with Gasteiger partial charge in [-0.25, -0.2) is 0 Å². The van der Waals surface area contributed by atoms with E-state index in [4.69, 9.17) is 14.9 Å². The van der Waals surface area contributed by atoms with Crippen molar-refractivity contribution in [3.05, 3.63) is 53.5 Å². The Morgan fingerprint density at radius 1 is 1.33 bits per heavy atom. The molecule has 1 heterocycles. The van der Waals surface area contributed by atoms with Crippen molar-refractivity contribution in [1.29, 1.82) is 0 Å². The number of aryl methyl sites for hydroxylation is 1. The first-order valence-corrected chi connectivity index (χ1v) is 6.84. The van der Waals surface area contributed by atoms with Gasteiger partial charge in [0.05, 0.1) is 13.1 Å². The summed E-state index contributed by atoms with van der Waals surface area (Å²) >= 11 is 0. The number of hydrogen-bond acceptors (Lipinski definition) is 4. The topological polar surface area (TPSA) is 68.7 Å². The highest BCUT2D eigenvalue weighted by atomic mass is 16.5. The van der Waals surface area contributed by atoms with Gasteiger partial charge in [0.2, 0.25) is 0 Å². The van der Waals surface area contributed by atoms with Gasteiger partial charge in [-0.05, 0) is 36.8 Å². The zero-order chi connectivity index (χ0) is 15.2. The Labute approximate surface area is 124 Å². The number of amides is 1. The lowest BCUT2D eigenvalue weighted by Crippen LogP contribution is -2.30. The van der Waals surface area contributed by atoms with Crippen LogP contribution >= 0.6 is 0 Å². The maximum absolute atomic E-state index is 12.1. The molecule has 0 aliphatic rings. The molecule has 0 unspecified atom stereocenters. The molecule has 0 bridgehead atoms. The number of carbonyl (C=O) groups is 1. The zero-order valence-corrected chi connectivity index (χ0v) is 12.3. The van der Waals surface area contributed by atoms with Crippen LogP contribution in [0.25, 0.3) is 0 Å². The molecule has 112 valence electrons. The van der Waals surface area contributed by atoms with E-state index in [1.165, 1.54) is 0 Å². The van der Waals surface area contributed by atoms with Crippen LogP contribution in [0, 0.1) is 6.92 Å². The van der Waals surface area contributed by atoms with Crippen LogP contribution in [0.3, 0.4) is 0 Å². The van der Waals surface area contributed by atoms with Crippen LogP contribution in [-0.2, 0) is 6.54 Å². The summed E-state index contributed by atoms with van der Waals surface area (Å²) < 4.78 is 11.0. The first-order valence-electron chi connectivity index (χ1n) is 6.84. The second-order valence-corrected chi connectivity index (χ2v) is 4.86. The van der Waals surface area contributed by atoms with Gasteiger partial charge in [-0.3, -0.25) is 4.79 Å². The van der Waals surface area contributed by atoms with Gasteiger partial charge in [0.1, 0.15) is 18.1 Å². The van der Waals surface area contributed by atoms with Crippen molar-refractivity contribution in [1.82, 2.24) is 4.90 Å². The summed E-state index contributed by atoms with van der Waals surface area (Å²) in [6.45, 7) is 3.20. The highest BCUT2D eigenvalue weighted by molar-refractivity contribution is 5.91. The van der Waals surface area contributed by atoms with Gasteiger partial charge < -0.3 is 19.8 Å². The van der Waals surface area contributed by atoms with E-state index in [9.17, 15) is 4.79 Å². The van der Waals surface area contributed by atoms with E-state index in [1.54, 1.807) is 24.1 Å². The Kier molecular flexibility index (Phi) is 5.00. The number of nitrogens with two attached hydrogens (primary N) is 1. The highest BCUT2D eigenvalue weighted by Gasteiger charge is 2.15.